The second-order valence-corrected chi connectivity index (χ2v) is 7.11. The van der Waals surface area contributed by atoms with Crippen molar-refractivity contribution in [3.63, 3.8) is 0 Å². The Morgan fingerprint density at radius 2 is 1.95 bits per heavy atom. The third-order valence-corrected chi connectivity index (χ3v) is 5.22. The van der Waals surface area contributed by atoms with Gasteiger partial charge in [-0.05, 0) is 35.7 Å². The van der Waals surface area contributed by atoms with E-state index in [1.165, 1.54) is 0 Å². The fraction of sp³-hybridized carbons (Fsp3) is 0.133. The Bertz CT molecular complexity index is 709. The van der Waals surface area contributed by atoms with Gasteiger partial charge in [-0.2, -0.15) is 20.1 Å². The summed E-state index contributed by atoms with van der Waals surface area (Å²) in [5.74, 6) is -2.38. The normalized spacial score (nSPS) is 11.0. The second kappa shape index (κ2) is 7.21. The van der Waals surface area contributed by atoms with Crippen molar-refractivity contribution in [1.29, 1.82) is 0 Å². The van der Waals surface area contributed by atoms with Crippen LogP contribution in [0.15, 0.2) is 51.4 Å². The number of benzene rings is 1. The topological polar surface area (TPSA) is 24.9 Å². The molecule has 2 aromatic heterocycles. The van der Waals surface area contributed by atoms with Crippen LogP contribution < -0.4 is 5.32 Å². The molecule has 0 unspecified atom stereocenters. The molecular weight excluding hydrogens is 342 g/mol. The summed E-state index contributed by atoms with van der Waals surface area (Å²) in [4.78, 5) is 5.15. The van der Waals surface area contributed by atoms with Crippen LogP contribution >= 0.6 is 34.4 Å². The molecule has 3 aromatic rings. The minimum atomic E-state index is -2.38. The summed E-state index contributed by atoms with van der Waals surface area (Å²) in [5, 5.41) is 10.4. The van der Waals surface area contributed by atoms with Gasteiger partial charge < -0.3 is 5.32 Å². The van der Waals surface area contributed by atoms with E-state index in [1.807, 2.05) is 10.8 Å². The lowest BCUT2D eigenvalue weighted by molar-refractivity contribution is 0.252. The number of alkyl halides is 2. The van der Waals surface area contributed by atoms with Crippen molar-refractivity contribution in [1.82, 2.24) is 4.98 Å². The van der Waals surface area contributed by atoms with Crippen LogP contribution in [0.3, 0.4) is 0 Å². The molecule has 0 aliphatic rings. The maximum absolute atomic E-state index is 12.3. The maximum Gasteiger partial charge on any atom is 0.288 e. The number of anilines is 1. The number of thiophene rings is 1. The summed E-state index contributed by atoms with van der Waals surface area (Å²) in [6.07, 6.45) is 0. The minimum Gasteiger partial charge on any atom is -0.379 e. The standard InChI is InChI=1S/C15H12F2N2S3/c16-15(17)22-13-3-1-11(2-4-13)18-7-12-9-21-14(19-12)10-5-6-20-8-10/h1-6,8-9,15,18H,7H2. The zero-order valence-corrected chi connectivity index (χ0v) is 13.8. The van der Waals surface area contributed by atoms with Crippen molar-refractivity contribution in [3.05, 3.63) is 52.2 Å². The third kappa shape index (κ3) is 4.06. The highest BCUT2D eigenvalue weighted by molar-refractivity contribution is 7.99. The molecule has 0 bridgehead atoms. The lowest BCUT2D eigenvalue weighted by Gasteiger charge is -2.05. The molecule has 22 heavy (non-hydrogen) atoms. The van der Waals surface area contributed by atoms with Gasteiger partial charge in [0, 0.05) is 26.9 Å². The molecule has 0 aliphatic carbocycles. The van der Waals surface area contributed by atoms with Gasteiger partial charge >= 0.3 is 0 Å². The fourth-order valence-corrected chi connectivity index (χ4v) is 3.88. The molecule has 2 nitrogen and oxygen atoms in total. The Kier molecular flexibility index (Phi) is 5.07. The monoisotopic (exact) mass is 354 g/mol. The Balaban J connectivity index is 1.58. The lowest BCUT2D eigenvalue weighted by atomic mass is 10.3. The van der Waals surface area contributed by atoms with Gasteiger partial charge in [-0.1, -0.05) is 11.8 Å². The van der Waals surface area contributed by atoms with Crippen molar-refractivity contribution in [2.24, 2.45) is 0 Å². The van der Waals surface area contributed by atoms with Gasteiger partial charge in [-0.25, -0.2) is 4.98 Å². The molecule has 3 rings (SSSR count). The number of thiazole rings is 1. The van der Waals surface area contributed by atoms with Gasteiger partial charge in [-0.3, -0.25) is 0 Å². The van der Waals surface area contributed by atoms with Crippen LogP contribution in [0.5, 0.6) is 0 Å². The number of nitrogens with zero attached hydrogens (tertiary/aromatic N) is 1. The molecule has 0 atom stereocenters. The van der Waals surface area contributed by atoms with Gasteiger partial charge in [0.2, 0.25) is 0 Å². The molecule has 7 heteroatoms. The van der Waals surface area contributed by atoms with E-state index in [4.69, 9.17) is 0 Å². The van der Waals surface area contributed by atoms with Crippen LogP contribution in [-0.4, -0.2) is 10.7 Å². The zero-order valence-electron chi connectivity index (χ0n) is 11.3. The number of rotatable bonds is 6. The van der Waals surface area contributed by atoms with Crippen LogP contribution in [0.1, 0.15) is 5.69 Å². The highest BCUT2D eigenvalue weighted by Gasteiger charge is 2.06. The van der Waals surface area contributed by atoms with Crippen molar-refractivity contribution < 1.29 is 8.78 Å². The molecule has 0 radical (unpaired) electrons. The van der Waals surface area contributed by atoms with Crippen LogP contribution in [-0.2, 0) is 6.54 Å². The molecule has 0 saturated heterocycles. The summed E-state index contributed by atoms with van der Waals surface area (Å²) in [6, 6.07) is 9.04. The second-order valence-electron chi connectivity index (χ2n) is 4.41. The quantitative estimate of drug-likeness (QED) is 0.566. The SMILES string of the molecule is FC(F)Sc1ccc(NCc2csc(-c3ccsc3)n2)cc1. The first-order valence-electron chi connectivity index (χ1n) is 6.46. The summed E-state index contributed by atoms with van der Waals surface area (Å²) < 4.78 is 24.5. The highest BCUT2D eigenvalue weighted by atomic mass is 32.2. The molecule has 0 fully saturated rings. The third-order valence-electron chi connectivity index (χ3n) is 2.87. The van der Waals surface area contributed by atoms with E-state index < -0.39 is 5.76 Å². The number of nitrogens with one attached hydrogen (secondary N) is 1. The molecule has 1 aromatic carbocycles. The average Bonchev–Trinajstić information content (AvgIpc) is 3.17. The Labute approximate surface area is 139 Å². The number of hydrogen-bond donors (Lipinski definition) is 1. The minimum absolute atomic E-state index is 0.553. The molecule has 1 N–H and O–H groups in total. The predicted molar refractivity (Wildman–Crippen MR) is 91.1 cm³/mol. The molecule has 0 aliphatic heterocycles. The molecule has 0 amide bonds. The van der Waals surface area contributed by atoms with E-state index in [0.29, 0.717) is 23.2 Å². The average molecular weight is 354 g/mol. The van der Waals surface area contributed by atoms with Gasteiger partial charge in [-0.15, -0.1) is 11.3 Å². The summed E-state index contributed by atoms with van der Waals surface area (Å²) in [7, 11) is 0. The van der Waals surface area contributed by atoms with Crippen LogP contribution in [0.25, 0.3) is 10.6 Å². The Morgan fingerprint density at radius 3 is 2.64 bits per heavy atom. The number of hydrogen-bond acceptors (Lipinski definition) is 5. The molecular formula is C15H12F2N2S3. The van der Waals surface area contributed by atoms with Crippen LogP contribution in [0.2, 0.25) is 0 Å². The maximum atomic E-state index is 12.3. The fourth-order valence-electron chi connectivity index (χ4n) is 1.85. The zero-order chi connectivity index (χ0) is 15.4. The van der Waals surface area contributed by atoms with Gasteiger partial charge in [0.25, 0.3) is 5.76 Å². The van der Waals surface area contributed by atoms with E-state index >= 15 is 0 Å². The van der Waals surface area contributed by atoms with E-state index in [2.05, 4.69) is 21.7 Å². The summed E-state index contributed by atoms with van der Waals surface area (Å²) >= 11 is 3.83. The van der Waals surface area contributed by atoms with Gasteiger partial charge in [0.15, 0.2) is 0 Å². The molecule has 0 spiro atoms. The first-order chi connectivity index (χ1) is 10.7. The number of thioether (sulfide) groups is 1. The van der Waals surface area contributed by atoms with E-state index in [1.54, 1.807) is 46.9 Å². The van der Waals surface area contributed by atoms with E-state index in [0.717, 1.165) is 22.0 Å². The van der Waals surface area contributed by atoms with Crippen LogP contribution in [0, 0.1) is 0 Å². The Hall–Kier alpha value is -1.44. The first kappa shape index (κ1) is 15.5. The van der Waals surface area contributed by atoms with Crippen molar-refractivity contribution in [3.8, 4) is 10.6 Å². The first-order valence-corrected chi connectivity index (χ1v) is 9.16. The summed E-state index contributed by atoms with van der Waals surface area (Å²) in [5.41, 5.74) is 3.01. The summed E-state index contributed by atoms with van der Waals surface area (Å²) in [6.45, 7) is 0.613. The molecule has 0 saturated carbocycles. The largest absolute Gasteiger partial charge is 0.379 e. The van der Waals surface area contributed by atoms with Crippen molar-refractivity contribution >= 4 is 40.1 Å². The van der Waals surface area contributed by atoms with Crippen molar-refractivity contribution in [2.75, 3.05) is 5.32 Å². The lowest BCUT2D eigenvalue weighted by Crippen LogP contribution is -1.99. The highest BCUT2D eigenvalue weighted by Crippen LogP contribution is 2.27. The number of halogens is 2. The predicted octanol–water partition coefficient (Wildman–Crippen LogP) is 5.80. The smallest absolute Gasteiger partial charge is 0.288 e. The van der Waals surface area contributed by atoms with Crippen LogP contribution in [0.4, 0.5) is 14.5 Å². The molecule has 2 heterocycles. The van der Waals surface area contributed by atoms with Crippen molar-refractivity contribution in [2.45, 2.75) is 17.2 Å². The molecule has 114 valence electrons. The van der Waals surface area contributed by atoms with E-state index in [9.17, 15) is 8.78 Å². The van der Waals surface area contributed by atoms with E-state index in [-0.39, 0.29) is 0 Å². The number of aromatic nitrogens is 1. The van der Waals surface area contributed by atoms with Gasteiger partial charge in [0.1, 0.15) is 5.01 Å². The Morgan fingerprint density at radius 1 is 1.14 bits per heavy atom. The van der Waals surface area contributed by atoms with Gasteiger partial charge in [0.05, 0.1) is 12.2 Å².